The Morgan fingerprint density at radius 3 is 2.04 bits per heavy atom. The summed E-state index contributed by atoms with van der Waals surface area (Å²) in [6.07, 6.45) is 4.04. The average molecular weight is 580 g/mol. The first kappa shape index (κ1) is 27.0. The van der Waals surface area contributed by atoms with Crippen molar-refractivity contribution in [2.24, 2.45) is 0 Å². The van der Waals surface area contributed by atoms with E-state index in [1.807, 2.05) is 18.2 Å². The van der Waals surface area contributed by atoms with Crippen molar-refractivity contribution >= 4 is 11.3 Å². The van der Waals surface area contributed by atoms with E-state index >= 15 is 0 Å². The zero-order valence-electron chi connectivity index (χ0n) is 25.5. The third-order valence-electron chi connectivity index (χ3n) is 9.81. The van der Waals surface area contributed by atoms with Crippen LogP contribution in [0.1, 0.15) is 43.4 Å². The molecular formula is C42H33N3+2. The second-order valence-electron chi connectivity index (χ2n) is 11.9. The van der Waals surface area contributed by atoms with Crippen LogP contribution in [0.2, 0.25) is 0 Å². The fourth-order valence-electron chi connectivity index (χ4n) is 7.72. The van der Waals surface area contributed by atoms with Crippen LogP contribution in [-0.2, 0) is 5.54 Å². The van der Waals surface area contributed by atoms with Crippen molar-refractivity contribution in [2.45, 2.75) is 32.2 Å². The maximum absolute atomic E-state index is 9.77. The molecule has 2 aliphatic rings. The van der Waals surface area contributed by atoms with Crippen molar-refractivity contribution in [3.05, 3.63) is 156 Å². The van der Waals surface area contributed by atoms with Gasteiger partial charge in [-0.3, -0.25) is 0 Å². The van der Waals surface area contributed by atoms with E-state index in [1.165, 1.54) is 56.0 Å². The molecule has 0 bridgehead atoms. The molecule has 0 saturated heterocycles. The number of rotatable bonds is 4. The average Bonchev–Trinajstić information content (AvgIpc) is 3.44. The van der Waals surface area contributed by atoms with Gasteiger partial charge in [0.25, 0.3) is 0 Å². The van der Waals surface area contributed by atoms with Gasteiger partial charge in [0.15, 0.2) is 6.20 Å². The van der Waals surface area contributed by atoms with Gasteiger partial charge in [-0.25, -0.2) is 0 Å². The Balaban J connectivity index is 1.50. The quantitative estimate of drug-likeness (QED) is 0.191. The fourth-order valence-corrected chi connectivity index (χ4v) is 7.72. The van der Waals surface area contributed by atoms with Crippen molar-refractivity contribution in [1.29, 1.82) is 5.26 Å². The molecule has 8 rings (SSSR count). The first-order valence-corrected chi connectivity index (χ1v) is 15.8. The molecule has 0 atom stereocenters. The van der Waals surface area contributed by atoms with E-state index in [0.717, 1.165) is 24.1 Å². The molecule has 3 nitrogen and oxygen atoms in total. The van der Waals surface area contributed by atoms with Crippen molar-refractivity contribution in [3.63, 3.8) is 0 Å². The van der Waals surface area contributed by atoms with Gasteiger partial charge in [-0.1, -0.05) is 74.5 Å². The van der Waals surface area contributed by atoms with Gasteiger partial charge >= 0.3 is 0 Å². The Morgan fingerprint density at radius 2 is 1.24 bits per heavy atom. The number of aromatic nitrogens is 2. The Morgan fingerprint density at radius 1 is 0.556 bits per heavy atom. The summed E-state index contributed by atoms with van der Waals surface area (Å²) in [4.78, 5) is 0. The largest absolute Gasteiger partial charge is 0.230 e. The van der Waals surface area contributed by atoms with Crippen LogP contribution in [0.4, 0.5) is 0 Å². The van der Waals surface area contributed by atoms with Crippen LogP contribution in [0.3, 0.4) is 0 Å². The highest BCUT2D eigenvalue weighted by atomic mass is 15.1. The van der Waals surface area contributed by atoms with Gasteiger partial charge in [0.05, 0.1) is 28.3 Å². The van der Waals surface area contributed by atoms with Gasteiger partial charge in [0.1, 0.15) is 5.57 Å². The normalized spacial score (nSPS) is 15.4. The summed E-state index contributed by atoms with van der Waals surface area (Å²) in [6, 6.07) is 50.0. The Bertz CT molecular complexity index is 2200. The fraction of sp³-hybridized carbons (Fsp3) is 0.119. The van der Waals surface area contributed by atoms with Crippen molar-refractivity contribution < 1.29 is 9.13 Å². The third kappa shape index (κ3) is 3.96. The zero-order valence-corrected chi connectivity index (χ0v) is 25.5. The number of fused-ring (bicyclic) bond motifs is 6. The molecule has 0 saturated carbocycles. The summed E-state index contributed by atoms with van der Waals surface area (Å²) in [5.74, 6) is 0. The van der Waals surface area contributed by atoms with Crippen LogP contribution >= 0.6 is 0 Å². The minimum Gasteiger partial charge on any atom is -0.192 e. The van der Waals surface area contributed by atoms with Crippen LogP contribution in [0, 0.1) is 11.3 Å². The van der Waals surface area contributed by atoms with Crippen LogP contribution in [0.15, 0.2) is 140 Å². The smallest absolute Gasteiger partial charge is 0.192 e. The SMILES string of the molecule is CCC1(CC)C(=C2c3ccc(-c4ccccc4)cc3-c3cccc[n+]32)c2ccccc2-c2cccc(-c3cccc(C#N)c3)[n+]21. The molecule has 0 radical (unpaired) electrons. The lowest BCUT2D eigenvalue weighted by Crippen LogP contribution is -2.61. The minimum absolute atomic E-state index is 0.349. The molecule has 0 unspecified atom stereocenters. The van der Waals surface area contributed by atoms with Crippen LogP contribution in [-0.4, -0.2) is 0 Å². The number of hydrogen-bond donors (Lipinski definition) is 0. The van der Waals surface area contributed by atoms with Crippen molar-refractivity contribution in [2.75, 3.05) is 0 Å². The molecule has 0 aliphatic carbocycles. The zero-order chi connectivity index (χ0) is 30.5. The third-order valence-corrected chi connectivity index (χ3v) is 9.81. The highest BCUT2D eigenvalue weighted by Crippen LogP contribution is 2.50. The topological polar surface area (TPSA) is 31.5 Å². The monoisotopic (exact) mass is 579 g/mol. The molecule has 0 spiro atoms. The summed E-state index contributed by atoms with van der Waals surface area (Å²) in [5.41, 5.74) is 14.9. The summed E-state index contributed by atoms with van der Waals surface area (Å²) in [7, 11) is 0. The lowest BCUT2D eigenvalue weighted by atomic mass is 9.72. The molecule has 2 aromatic heterocycles. The standard InChI is InChI=1S/C42H33N3/c1-3-42(4-2)40(41-35-24-23-31(30-15-6-5-7-16-30)27-36(35)38-20-10-11-25-44(38)41)34-19-9-8-18-33(34)39-22-13-21-37(45(39)42)32-17-12-14-29(26-32)28-43/h5-27H,3-4H2,1-2H3/q+2. The van der Waals surface area contributed by atoms with E-state index in [9.17, 15) is 5.26 Å². The number of benzene rings is 4. The first-order valence-electron chi connectivity index (χ1n) is 15.8. The van der Waals surface area contributed by atoms with Crippen molar-refractivity contribution in [1.82, 2.24) is 0 Å². The lowest BCUT2D eigenvalue weighted by molar-refractivity contribution is -0.732. The first-order chi connectivity index (χ1) is 22.2. The molecule has 45 heavy (non-hydrogen) atoms. The molecule has 0 fully saturated rings. The maximum Gasteiger partial charge on any atom is 0.230 e. The molecule has 2 aliphatic heterocycles. The highest BCUT2D eigenvalue weighted by Gasteiger charge is 2.54. The number of nitrogens with zero attached hydrogens (tertiary/aromatic N) is 3. The lowest BCUT2D eigenvalue weighted by Gasteiger charge is -2.36. The van der Waals surface area contributed by atoms with Crippen LogP contribution < -0.4 is 9.13 Å². The van der Waals surface area contributed by atoms with E-state index < -0.39 is 0 Å². The number of pyridine rings is 2. The molecule has 0 N–H and O–H groups in total. The van der Waals surface area contributed by atoms with Crippen molar-refractivity contribution in [3.8, 4) is 51.0 Å². The molecule has 4 heterocycles. The summed E-state index contributed by atoms with van der Waals surface area (Å²) in [5, 5.41) is 9.77. The molecule has 6 aromatic rings. The number of allylic oxidation sites excluding steroid dienone is 1. The second-order valence-corrected chi connectivity index (χ2v) is 11.9. The minimum atomic E-state index is -0.349. The van der Waals surface area contributed by atoms with Gasteiger partial charge < -0.3 is 0 Å². The highest BCUT2D eigenvalue weighted by molar-refractivity contribution is 6.00. The van der Waals surface area contributed by atoms with Gasteiger partial charge in [-0.15, -0.1) is 0 Å². The van der Waals surface area contributed by atoms with E-state index in [1.54, 1.807) is 0 Å². The summed E-state index contributed by atoms with van der Waals surface area (Å²) in [6.45, 7) is 4.64. The van der Waals surface area contributed by atoms with Crippen LogP contribution in [0.25, 0.3) is 56.2 Å². The number of hydrogen-bond acceptors (Lipinski definition) is 1. The van der Waals surface area contributed by atoms with E-state index in [-0.39, 0.29) is 5.54 Å². The molecule has 4 aromatic carbocycles. The Hall–Kier alpha value is -5.59. The Kier molecular flexibility index (Phi) is 6.32. The van der Waals surface area contributed by atoms with Crippen LogP contribution in [0.5, 0.6) is 0 Å². The molecular weight excluding hydrogens is 546 g/mol. The predicted molar refractivity (Wildman–Crippen MR) is 181 cm³/mol. The van der Waals surface area contributed by atoms with Gasteiger partial charge in [0.2, 0.25) is 28.3 Å². The predicted octanol–water partition coefficient (Wildman–Crippen LogP) is 9.06. The second kappa shape index (κ2) is 10.5. The summed E-state index contributed by atoms with van der Waals surface area (Å²) >= 11 is 0. The Labute approximate surface area is 264 Å². The summed E-state index contributed by atoms with van der Waals surface area (Å²) < 4.78 is 4.99. The van der Waals surface area contributed by atoms with E-state index in [0.29, 0.717) is 5.56 Å². The van der Waals surface area contributed by atoms with Gasteiger partial charge in [-0.05, 0) is 59.7 Å². The molecule has 3 heteroatoms. The number of nitriles is 1. The van der Waals surface area contributed by atoms with Gasteiger partial charge in [-0.2, -0.15) is 14.4 Å². The maximum atomic E-state index is 9.77. The van der Waals surface area contributed by atoms with E-state index in [2.05, 4.69) is 151 Å². The van der Waals surface area contributed by atoms with E-state index in [4.69, 9.17) is 0 Å². The molecule has 214 valence electrons. The van der Waals surface area contributed by atoms with Gasteiger partial charge in [0, 0.05) is 48.2 Å². The molecule has 0 amide bonds.